The number of anilines is 2. The van der Waals surface area contributed by atoms with Gasteiger partial charge in [0.2, 0.25) is 5.95 Å². The SMILES string of the molecule is [B]c1c(Nc2ncc3cc(C#N)n([C@H]4COCC4C)c3n2)c(OC2COC2)nn1C. The molecule has 3 aromatic rings. The molecule has 2 aliphatic rings. The third kappa shape index (κ3) is 3.09. The summed E-state index contributed by atoms with van der Waals surface area (Å²) < 4.78 is 20.1. The van der Waals surface area contributed by atoms with E-state index in [1.807, 2.05) is 4.57 Å². The van der Waals surface area contributed by atoms with Crippen molar-refractivity contribution in [3.8, 4) is 11.9 Å². The molecule has 152 valence electrons. The van der Waals surface area contributed by atoms with E-state index in [9.17, 15) is 5.26 Å². The smallest absolute Gasteiger partial charge is 0.256 e. The van der Waals surface area contributed by atoms with Crippen LogP contribution in [0.5, 0.6) is 5.88 Å². The first-order chi connectivity index (χ1) is 14.5. The van der Waals surface area contributed by atoms with Gasteiger partial charge in [0.1, 0.15) is 37.0 Å². The van der Waals surface area contributed by atoms with Crippen molar-refractivity contribution < 1.29 is 14.2 Å². The number of ether oxygens (including phenoxy) is 3. The summed E-state index contributed by atoms with van der Waals surface area (Å²) in [4.78, 5) is 9.08. The average molecular weight is 405 g/mol. The molecule has 2 saturated heterocycles. The summed E-state index contributed by atoms with van der Waals surface area (Å²) in [6.45, 7) is 4.34. The van der Waals surface area contributed by atoms with Crippen LogP contribution in [0.2, 0.25) is 0 Å². The van der Waals surface area contributed by atoms with Crippen LogP contribution in [0.1, 0.15) is 18.7 Å². The van der Waals surface area contributed by atoms with Gasteiger partial charge in [-0.1, -0.05) is 6.92 Å². The monoisotopic (exact) mass is 405 g/mol. The number of aromatic nitrogens is 5. The molecule has 30 heavy (non-hydrogen) atoms. The van der Waals surface area contributed by atoms with E-state index >= 15 is 0 Å². The largest absolute Gasteiger partial charge is 0.467 e. The molecule has 2 atom stereocenters. The van der Waals surface area contributed by atoms with Gasteiger partial charge in [0.05, 0.1) is 32.5 Å². The lowest BCUT2D eigenvalue weighted by atomic mass is 10.0. The molecule has 2 radical (unpaired) electrons. The lowest BCUT2D eigenvalue weighted by Crippen LogP contribution is -2.38. The van der Waals surface area contributed by atoms with Crippen molar-refractivity contribution in [2.45, 2.75) is 19.1 Å². The zero-order valence-corrected chi connectivity index (χ0v) is 16.7. The second-order valence-electron chi connectivity index (χ2n) is 7.66. The molecule has 2 aliphatic heterocycles. The van der Waals surface area contributed by atoms with Crippen LogP contribution in [0, 0.1) is 17.2 Å². The van der Waals surface area contributed by atoms with Gasteiger partial charge in [-0.2, -0.15) is 10.2 Å². The molecule has 11 heteroatoms. The molecule has 0 spiro atoms. The first kappa shape index (κ1) is 18.9. The number of aryl methyl sites for hydroxylation is 1. The van der Waals surface area contributed by atoms with Gasteiger partial charge >= 0.3 is 0 Å². The summed E-state index contributed by atoms with van der Waals surface area (Å²) in [5.41, 5.74) is 2.11. The Kier molecular flexibility index (Phi) is 4.60. The van der Waals surface area contributed by atoms with E-state index in [1.165, 1.54) is 4.68 Å². The summed E-state index contributed by atoms with van der Waals surface area (Å²) in [7, 11) is 7.92. The molecular weight excluding hydrogens is 385 g/mol. The summed E-state index contributed by atoms with van der Waals surface area (Å²) in [6, 6.07) is 4.10. The normalized spacial score (nSPS) is 21.5. The third-order valence-corrected chi connectivity index (χ3v) is 5.53. The lowest BCUT2D eigenvalue weighted by Gasteiger charge is -2.26. The van der Waals surface area contributed by atoms with Gasteiger partial charge in [0, 0.05) is 30.1 Å². The molecule has 10 nitrogen and oxygen atoms in total. The number of nitrogens with zero attached hydrogens (tertiary/aromatic N) is 6. The van der Waals surface area contributed by atoms with Crippen LogP contribution in [-0.2, 0) is 16.5 Å². The molecule has 0 amide bonds. The zero-order valence-electron chi connectivity index (χ0n) is 16.7. The Morgan fingerprint density at radius 1 is 1.30 bits per heavy atom. The number of nitriles is 1. The lowest BCUT2D eigenvalue weighted by molar-refractivity contribution is -0.0812. The summed E-state index contributed by atoms with van der Waals surface area (Å²) in [6.07, 6.45) is 1.64. The standard InChI is InChI=1S/C19H20BN7O3/c1-10-6-28-9-14(10)27-12(4-21)3-11-5-22-19(24-17(11)27)23-15-16(20)26(2)25-18(15)30-13-7-29-8-13/h3,5,10,13-14H,6-9H2,1-2H3,(H,22,23,24)/t10?,14-/m0/s1. The summed E-state index contributed by atoms with van der Waals surface area (Å²) in [5.74, 6) is 0.989. The molecule has 0 bridgehead atoms. The predicted molar refractivity (Wildman–Crippen MR) is 108 cm³/mol. The van der Waals surface area contributed by atoms with Crippen LogP contribution < -0.4 is 15.6 Å². The van der Waals surface area contributed by atoms with Gasteiger partial charge in [-0.25, -0.2) is 4.98 Å². The minimum atomic E-state index is -0.0532. The minimum Gasteiger partial charge on any atom is -0.467 e. The highest BCUT2D eigenvalue weighted by Crippen LogP contribution is 2.32. The van der Waals surface area contributed by atoms with Gasteiger partial charge in [0.15, 0.2) is 0 Å². The van der Waals surface area contributed by atoms with E-state index in [-0.39, 0.29) is 18.1 Å². The van der Waals surface area contributed by atoms with Crippen molar-refractivity contribution in [1.29, 1.82) is 5.26 Å². The van der Waals surface area contributed by atoms with Crippen LogP contribution in [0.15, 0.2) is 12.3 Å². The highest BCUT2D eigenvalue weighted by atomic mass is 16.6. The Bertz CT molecular complexity index is 1150. The maximum Gasteiger partial charge on any atom is 0.256 e. The second-order valence-corrected chi connectivity index (χ2v) is 7.66. The average Bonchev–Trinajstić information content (AvgIpc) is 3.35. The maximum absolute atomic E-state index is 9.63. The molecular formula is C19H20BN7O3. The van der Waals surface area contributed by atoms with E-state index in [0.29, 0.717) is 60.9 Å². The minimum absolute atomic E-state index is 0.0425. The maximum atomic E-state index is 9.63. The van der Waals surface area contributed by atoms with Crippen molar-refractivity contribution in [3.05, 3.63) is 18.0 Å². The van der Waals surface area contributed by atoms with Crippen LogP contribution in [0.3, 0.4) is 0 Å². The Morgan fingerprint density at radius 3 is 2.77 bits per heavy atom. The predicted octanol–water partition coefficient (Wildman–Crippen LogP) is 0.559. The van der Waals surface area contributed by atoms with Crippen molar-refractivity contribution in [2.75, 3.05) is 31.7 Å². The van der Waals surface area contributed by atoms with Crippen LogP contribution >= 0.6 is 0 Å². The first-order valence-corrected chi connectivity index (χ1v) is 9.75. The van der Waals surface area contributed by atoms with E-state index < -0.39 is 0 Å². The molecule has 5 heterocycles. The Hall–Kier alpha value is -3.10. The molecule has 0 aliphatic carbocycles. The van der Waals surface area contributed by atoms with E-state index in [2.05, 4.69) is 33.4 Å². The fourth-order valence-electron chi connectivity index (χ4n) is 3.73. The number of nitrogens with one attached hydrogen (secondary N) is 1. The quantitative estimate of drug-likeness (QED) is 0.613. The zero-order chi connectivity index (χ0) is 20.8. The van der Waals surface area contributed by atoms with Crippen molar-refractivity contribution in [2.24, 2.45) is 13.0 Å². The summed E-state index contributed by atoms with van der Waals surface area (Å²) >= 11 is 0. The molecule has 1 N–H and O–H groups in total. The van der Waals surface area contributed by atoms with Crippen LogP contribution in [-0.4, -0.2) is 64.7 Å². The van der Waals surface area contributed by atoms with Crippen LogP contribution in [0.4, 0.5) is 11.6 Å². The van der Waals surface area contributed by atoms with Crippen molar-refractivity contribution in [3.63, 3.8) is 0 Å². The molecule has 3 aromatic heterocycles. The molecule has 0 aromatic carbocycles. The third-order valence-electron chi connectivity index (χ3n) is 5.53. The Labute approximate surface area is 174 Å². The van der Waals surface area contributed by atoms with E-state index in [4.69, 9.17) is 22.1 Å². The van der Waals surface area contributed by atoms with Gasteiger partial charge in [-0.3, -0.25) is 4.68 Å². The number of hydrogen-bond acceptors (Lipinski definition) is 8. The molecule has 2 fully saturated rings. The Morgan fingerprint density at radius 2 is 2.10 bits per heavy atom. The van der Waals surface area contributed by atoms with Gasteiger partial charge in [0.25, 0.3) is 5.88 Å². The highest BCUT2D eigenvalue weighted by Gasteiger charge is 2.30. The van der Waals surface area contributed by atoms with Gasteiger partial charge in [-0.05, 0) is 6.07 Å². The number of fused-ring (bicyclic) bond motifs is 1. The van der Waals surface area contributed by atoms with E-state index in [0.717, 1.165) is 5.39 Å². The molecule has 1 unspecified atom stereocenters. The number of hydrogen-bond donors (Lipinski definition) is 1. The van der Waals surface area contributed by atoms with Gasteiger partial charge in [-0.15, -0.1) is 5.10 Å². The topological polar surface area (TPSA) is 112 Å². The Balaban J connectivity index is 1.52. The van der Waals surface area contributed by atoms with Crippen molar-refractivity contribution >= 4 is 36.1 Å². The van der Waals surface area contributed by atoms with E-state index in [1.54, 1.807) is 19.3 Å². The fraction of sp³-hybridized carbons (Fsp3) is 0.474. The molecule has 0 saturated carbocycles. The highest BCUT2D eigenvalue weighted by molar-refractivity contribution is 6.35. The first-order valence-electron chi connectivity index (χ1n) is 9.75. The van der Waals surface area contributed by atoms with Crippen LogP contribution in [0.25, 0.3) is 11.0 Å². The second kappa shape index (κ2) is 7.30. The number of rotatable bonds is 5. The molecule has 5 rings (SSSR count). The summed E-state index contributed by atoms with van der Waals surface area (Å²) in [5, 5.41) is 17.9. The van der Waals surface area contributed by atoms with Gasteiger partial charge < -0.3 is 24.1 Å². The van der Waals surface area contributed by atoms with Crippen molar-refractivity contribution in [1.82, 2.24) is 24.3 Å². The fourth-order valence-corrected chi connectivity index (χ4v) is 3.73.